The van der Waals surface area contributed by atoms with Gasteiger partial charge in [0.05, 0.1) is 20.1 Å². The molecule has 1 saturated heterocycles. The van der Waals surface area contributed by atoms with Gasteiger partial charge in [0.15, 0.2) is 11.5 Å². The highest BCUT2D eigenvalue weighted by Crippen LogP contribution is 2.29. The second-order valence-electron chi connectivity index (χ2n) is 7.10. The molecule has 0 bridgehead atoms. The molecule has 3 rings (SSSR count). The van der Waals surface area contributed by atoms with Crippen molar-refractivity contribution in [3.63, 3.8) is 0 Å². The van der Waals surface area contributed by atoms with Crippen LogP contribution in [0.5, 0.6) is 11.5 Å². The molecule has 2 amide bonds. The van der Waals surface area contributed by atoms with Crippen LogP contribution in [0.15, 0.2) is 36.4 Å². The van der Waals surface area contributed by atoms with Gasteiger partial charge in [0, 0.05) is 25.2 Å². The Morgan fingerprint density at radius 2 is 1.86 bits per heavy atom. The lowest BCUT2D eigenvalue weighted by Gasteiger charge is -2.19. The lowest BCUT2D eigenvalue weighted by molar-refractivity contribution is -0.126. The van der Waals surface area contributed by atoms with Gasteiger partial charge in [0.1, 0.15) is 0 Å². The number of hydrogen-bond acceptors (Lipinski definition) is 4. The van der Waals surface area contributed by atoms with Crippen molar-refractivity contribution in [2.75, 3.05) is 25.7 Å². The van der Waals surface area contributed by atoms with Crippen molar-refractivity contribution < 1.29 is 19.1 Å². The van der Waals surface area contributed by atoms with Gasteiger partial charge in [-0.05, 0) is 43.2 Å². The number of nitrogens with zero attached hydrogens (tertiary/aromatic N) is 1. The maximum atomic E-state index is 12.6. The second-order valence-corrected chi connectivity index (χ2v) is 7.10. The van der Waals surface area contributed by atoms with Crippen LogP contribution in [0.2, 0.25) is 0 Å². The first-order valence-electron chi connectivity index (χ1n) is 9.29. The van der Waals surface area contributed by atoms with Crippen LogP contribution in [0.3, 0.4) is 0 Å². The molecule has 0 aromatic heterocycles. The summed E-state index contributed by atoms with van der Waals surface area (Å²) in [5.41, 5.74) is 3.98. The molecule has 1 aliphatic heterocycles. The summed E-state index contributed by atoms with van der Waals surface area (Å²) in [4.78, 5) is 26.8. The number of hydrogen-bond donors (Lipinski definition) is 1. The minimum Gasteiger partial charge on any atom is -0.493 e. The molecule has 1 atom stereocenters. The maximum absolute atomic E-state index is 12.6. The van der Waals surface area contributed by atoms with E-state index in [1.54, 1.807) is 25.2 Å². The first-order valence-corrected chi connectivity index (χ1v) is 9.29. The summed E-state index contributed by atoms with van der Waals surface area (Å²) in [7, 11) is 3.16. The average molecular weight is 382 g/mol. The molecule has 0 saturated carbocycles. The maximum Gasteiger partial charge on any atom is 0.227 e. The van der Waals surface area contributed by atoms with Gasteiger partial charge in [-0.3, -0.25) is 9.59 Å². The van der Waals surface area contributed by atoms with Crippen LogP contribution in [0, 0.1) is 19.8 Å². The van der Waals surface area contributed by atoms with Crippen molar-refractivity contribution in [2.24, 2.45) is 5.92 Å². The molecule has 6 heteroatoms. The van der Waals surface area contributed by atoms with Crippen molar-refractivity contribution in [2.45, 2.75) is 26.8 Å². The van der Waals surface area contributed by atoms with Crippen LogP contribution in [0.1, 0.15) is 23.1 Å². The number of amides is 2. The molecule has 0 aliphatic carbocycles. The largest absolute Gasteiger partial charge is 0.493 e. The summed E-state index contributed by atoms with van der Waals surface area (Å²) in [5, 5.41) is 2.93. The average Bonchev–Trinajstić information content (AvgIpc) is 3.07. The lowest BCUT2D eigenvalue weighted by atomic mass is 10.1. The quantitative estimate of drug-likeness (QED) is 0.834. The Kier molecular flexibility index (Phi) is 5.87. The fourth-order valence-electron chi connectivity index (χ4n) is 3.55. The lowest BCUT2D eigenvalue weighted by Crippen LogP contribution is -2.32. The highest BCUT2D eigenvalue weighted by atomic mass is 16.5. The predicted octanol–water partition coefficient (Wildman–Crippen LogP) is 2.99. The molecule has 6 nitrogen and oxygen atoms in total. The molecule has 0 radical (unpaired) electrons. The molecular formula is C22H26N2O4. The van der Waals surface area contributed by atoms with E-state index in [1.807, 2.05) is 44.2 Å². The Morgan fingerprint density at radius 3 is 2.54 bits per heavy atom. The van der Waals surface area contributed by atoms with Gasteiger partial charge in [0.25, 0.3) is 0 Å². The third kappa shape index (κ3) is 4.11. The van der Waals surface area contributed by atoms with Crippen LogP contribution >= 0.6 is 0 Å². The third-order valence-corrected chi connectivity index (χ3v) is 5.05. The first kappa shape index (κ1) is 19.7. The molecule has 2 aromatic rings. The van der Waals surface area contributed by atoms with Gasteiger partial charge in [-0.2, -0.15) is 0 Å². The van der Waals surface area contributed by atoms with Crippen molar-refractivity contribution in [3.8, 4) is 11.5 Å². The number of benzene rings is 2. The number of aryl methyl sites for hydroxylation is 2. The smallest absolute Gasteiger partial charge is 0.227 e. The van der Waals surface area contributed by atoms with E-state index in [0.717, 1.165) is 22.4 Å². The highest BCUT2D eigenvalue weighted by Gasteiger charge is 2.35. The van der Waals surface area contributed by atoms with Crippen molar-refractivity contribution in [3.05, 3.63) is 53.1 Å². The van der Waals surface area contributed by atoms with E-state index in [9.17, 15) is 9.59 Å². The summed E-state index contributed by atoms with van der Waals surface area (Å²) >= 11 is 0. The van der Waals surface area contributed by atoms with Crippen LogP contribution in [0.25, 0.3) is 0 Å². The van der Waals surface area contributed by atoms with E-state index in [4.69, 9.17) is 9.47 Å². The fraction of sp³-hybridized carbons (Fsp3) is 0.364. The molecule has 148 valence electrons. The molecule has 1 N–H and O–H groups in total. The summed E-state index contributed by atoms with van der Waals surface area (Å²) in [6, 6.07) is 11.5. The summed E-state index contributed by atoms with van der Waals surface area (Å²) in [5.74, 6) is 0.774. The van der Waals surface area contributed by atoms with Gasteiger partial charge < -0.3 is 19.7 Å². The van der Waals surface area contributed by atoms with E-state index in [1.165, 1.54) is 0 Å². The monoisotopic (exact) mass is 382 g/mol. The molecule has 1 aliphatic rings. The topological polar surface area (TPSA) is 67.9 Å². The highest BCUT2D eigenvalue weighted by molar-refractivity contribution is 6.00. The number of nitrogens with one attached hydrogen (secondary N) is 1. The Hall–Kier alpha value is -3.02. The van der Waals surface area contributed by atoms with Crippen molar-refractivity contribution in [1.29, 1.82) is 0 Å². The molecule has 2 aromatic carbocycles. The molecule has 0 spiro atoms. The van der Waals surface area contributed by atoms with Crippen molar-refractivity contribution >= 4 is 17.5 Å². The zero-order chi connectivity index (χ0) is 20.3. The van der Waals surface area contributed by atoms with Crippen LogP contribution in [0.4, 0.5) is 5.69 Å². The number of ether oxygens (including phenoxy) is 2. The Morgan fingerprint density at radius 1 is 1.11 bits per heavy atom. The number of carbonyl (C=O) groups excluding carboxylic acids is 2. The third-order valence-electron chi connectivity index (χ3n) is 5.05. The molecule has 28 heavy (non-hydrogen) atoms. The second kappa shape index (κ2) is 8.33. The standard InChI is InChI=1S/C22H26N2O4/c1-14-5-7-18(15(2)9-14)24-13-17(11-21(24)25)22(26)23-12-16-6-8-19(27-3)20(10-16)28-4/h5-10,17H,11-13H2,1-4H3,(H,23,26). The fourth-order valence-corrected chi connectivity index (χ4v) is 3.55. The number of anilines is 1. The Balaban J connectivity index is 1.63. The van der Waals surface area contributed by atoms with Gasteiger partial charge in [0.2, 0.25) is 11.8 Å². The van der Waals surface area contributed by atoms with Gasteiger partial charge in [-0.15, -0.1) is 0 Å². The molecule has 1 unspecified atom stereocenters. The van der Waals surface area contributed by atoms with Crippen molar-refractivity contribution in [1.82, 2.24) is 5.32 Å². The minimum atomic E-state index is -0.353. The van der Waals surface area contributed by atoms with E-state index in [-0.39, 0.29) is 24.2 Å². The minimum absolute atomic E-state index is 0.0155. The van der Waals surface area contributed by atoms with Crippen LogP contribution in [-0.2, 0) is 16.1 Å². The SMILES string of the molecule is COc1ccc(CNC(=O)C2CC(=O)N(c3ccc(C)cc3C)C2)cc1OC. The summed E-state index contributed by atoms with van der Waals surface area (Å²) in [6.45, 7) is 4.78. The van der Waals surface area contributed by atoms with E-state index >= 15 is 0 Å². The first-order chi connectivity index (χ1) is 13.4. The van der Waals surface area contributed by atoms with E-state index < -0.39 is 0 Å². The van der Waals surface area contributed by atoms with Crippen LogP contribution in [-0.4, -0.2) is 32.6 Å². The predicted molar refractivity (Wildman–Crippen MR) is 108 cm³/mol. The molecular weight excluding hydrogens is 356 g/mol. The van der Waals surface area contributed by atoms with Gasteiger partial charge in [-0.25, -0.2) is 0 Å². The number of methoxy groups -OCH3 is 2. The Labute approximate surface area is 165 Å². The summed E-state index contributed by atoms with van der Waals surface area (Å²) < 4.78 is 10.5. The van der Waals surface area contributed by atoms with Gasteiger partial charge in [-0.1, -0.05) is 23.8 Å². The normalized spacial score (nSPS) is 16.2. The van der Waals surface area contributed by atoms with E-state index in [0.29, 0.717) is 24.6 Å². The molecule has 1 fully saturated rings. The zero-order valence-electron chi connectivity index (χ0n) is 16.7. The molecule has 1 heterocycles. The summed E-state index contributed by atoms with van der Waals surface area (Å²) in [6.07, 6.45) is 0.227. The zero-order valence-corrected chi connectivity index (χ0v) is 16.7. The number of carbonyl (C=O) groups is 2. The number of rotatable bonds is 6. The van der Waals surface area contributed by atoms with Crippen LogP contribution < -0.4 is 19.7 Å². The Bertz CT molecular complexity index is 894. The van der Waals surface area contributed by atoms with Gasteiger partial charge >= 0.3 is 0 Å². The van der Waals surface area contributed by atoms with E-state index in [2.05, 4.69) is 5.32 Å².